The predicted octanol–water partition coefficient (Wildman–Crippen LogP) is 1.88. The van der Waals surface area contributed by atoms with E-state index >= 15 is 0 Å². The van der Waals surface area contributed by atoms with Crippen LogP contribution >= 0.6 is 12.4 Å². The molecule has 3 rings (SSSR count). The maximum absolute atomic E-state index is 12.6. The van der Waals surface area contributed by atoms with Crippen LogP contribution in [-0.4, -0.2) is 60.5 Å². The second-order valence-corrected chi connectivity index (χ2v) is 6.96. The van der Waals surface area contributed by atoms with Crippen LogP contribution in [0.4, 0.5) is 0 Å². The van der Waals surface area contributed by atoms with Gasteiger partial charge in [-0.05, 0) is 57.7 Å². The molecule has 0 aromatic carbocycles. The van der Waals surface area contributed by atoms with Crippen LogP contribution in [0.5, 0.6) is 0 Å². The Balaban J connectivity index is 0.00000161. The monoisotopic (exact) mass is 315 g/mol. The molecule has 3 unspecified atom stereocenters. The van der Waals surface area contributed by atoms with Crippen LogP contribution in [-0.2, 0) is 4.79 Å². The maximum atomic E-state index is 12.6. The number of hydrogen-bond donors (Lipinski definition) is 1. The van der Waals surface area contributed by atoms with Crippen molar-refractivity contribution in [3.05, 3.63) is 0 Å². The average Bonchev–Trinajstić information content (AvgIpc) is 2.97. The Labute approximate surface area is 135 Å². The number of amides is 1. The van der Waals surface area contributed by atoms with Crippen molar-refractivity contribution >= 4 is 18.3 Å². The molecule has 1 N–H and O–H groups in total. The van der Waals surface area contributed by atoms with E-state index in [0.717, 1.165) is 26.1 Å². The molecule has 3 heterocycles. The number of halogens is 1. The Kier molecular flexibility index (Phi) is 6.33. The van der Waals surface area contributed by atoms with Crippen LogP contribution in [0.25, 0.3) is 0 Å². The summed E-state index contributed by atoms with van der Waals surface area (Å²) in [5.41, 5.74) is 0. The maximum Gasteiger partial charge on any atom is 0.239 e. The lowest BCUT2D eigenvalue weighted by Gasteiger charge is -2.33. The predicted molar refractivity (Wildman–Crippen MR) is 87.8 cm³/mol. The number of nitrogens with one attached hydrogen (secondary N) is 1. The number of rotatable bonds is 2. The molecule has 3 saturated heterocycles. The van der Waals surface area contributed by atoms with Gasteiger partial charge in [0.1, 0.15) is 0 Å². The highest BCUT2D eigenvalue weighted by molar-refractivity contribution is 5.85. The van der Waals surface area contributed by atoms with Gasteiger partial charge in [-0.3, -0.25) is 9.69 Å². The molecule has 0 saturated carbocycles. The van der Waals surface area contributed by atoms with Gasteiger partial charge in [0, 0.05) is 19.1 Å². The number of carbonyl (C=O) groups is 1. The summed E-state index contributed by atoms with van der Waals surface area (Å²) in [6, 6.07) is 0.708. The van der Waals surface area contributed by atoms with Gasteiger partial charge in [-0.15, -0.1) is 12.4 Å². The van der Waals surface area contributed by atoms with Crippen molar-refractivity contribution in [3.8, 4) is 0 Å². The minimum atomic E-state index is 0. The second-order valence-electron chi connectivity index (χ2n) is 6.96. The topological polar surface area (TPSA) is 35.6 Å². The Morgan fingerprint density at radius 2 is 1.86 bits per heavy atom. The molecule has 4 nitrogen and oxygen atoms in total. The van der Waals surface area contributed by atoms with Crippen molar-refractivity contribution < 1.29 is 4.79 Å². The Bertz CT molecular complexity index is 346. The van der Waals surface area contributed by atoms with E-state index in [1.165, 1.54) is 45.2 Å². The number of likely N-dealkylation sites (tertiary alicyclic amines) is 2. The molecule has 0 aromatic heterocycles. The van der Waals surface area contributed by atoms with E-state index < -0.39 is 0 Å². The van der Waals surface area contributed by atoms with E-state index in [2.05, 4.69) is 22.0 Å². The summed E-state index contributed by atoms with van der Waals surface area (Å²) in [7, 11) is 0. The molecule has 3 fully saturated rings. The normalized spacial score (nSPS) is 34.5. The molecule has 0 radical (unpaired) electrons. The first-order chi connectivity index (χ1) is 9.74. The van der Waals surface area contributed by atoms with Crippen molar-refractivity contribution in [2.75, 3.05) is 32.7 Å². The van der Waals surface area contributed by atoms with Crippen molar-refractivity contribution in [1.29, 1.82) is 0 Å². The molecule has 1 amide bonds. The summed E-state index contributed by atoms with van der Waals surface area (Å²) in [5, 5.41) is 3.42. The van der Waals surface area contributed by atoms with Gasteiger partial charge in [0.2, 0.25) is 5.91 Å². The third-order valence-corrected chi connectivity index (χ3v) is 5.35. The van der Waals surface area contributed by atoms with Gasteiger partial charge in [0.15, 0.2) is 0 Å². The first-order valence-corrected chi connectivity index (χ1v) is 8.50. The molecule has 5 heteroatoms. The smallest absolute Gasteiger partial charge is 0.239 e. The Morgan fingerprint density at radius 3 is 2.57 bits per heavy atom. The Morgan fingerprint density at radius 1 is 1.10 bits per heavy atom. The standard InChI is InChI=1S/C16H29N3O.ClH/c1-13-5-7-17-15(11-13)16(20)19-10-6-14(12-19)18-8-3-2-4-9-18;/h13-15,17H,2-12H2,1H3;1H. The van der Waals surface area contributed by atoms with Gasteiger partial charge in [0.25, 0.3) is 0 Å². The molecule has 3 atom stereocenters. The molecule has 3 aliphatic heterocycles. The van der Waals surface area contributed by atoms with Crippen LogP contribution in [0.2, 0.25) is 0 Å². The molecule has 21 heavy (non-hydrogen) atoms. The Hall–Kier alpha value is -0.320. The van der Waals surface area contributed by atoms with Crippen molar-refractivity contribution in [3.63, 3.8) is 0 Å². The number of nitrogens with zero attached hydrogens (tertiary/aromatic N) is 2. The summed E-state index contributed by atoms with van der Waals surface area (Å²) in [5.74, 6) is 1.04. The van der Waals surface area contributed by atoms with Crippen LogP contribution < -0.4 is 5.32 Å². The van der Waals surface area contributed by atoms with Crippen molar-refractivity contribution in [1.82, 2.24) is 15.1 Å². The molecule has 122 valence electrons. The third kappa shape index (κ3) is 4.11. The molecule has 0 aromatic rings. The molecular formula is C16H30ClN3O. The SMILES string of the molecule is CC1CCNC(C(=O)N2CCC(N3CCCCC3)C2)C1.Cl. The zero-order valence-corrected chi connectivity index (χ0v) is 14.0. The van der Waals surface area contributed by atoms with Crippen LogP contribution in [0.3, 0.4) is 0 Å². The van der Waals surface area contributed by atoms with Crippen LogP contribution in [0.15, 0.2) is 0 Å². The van der Waals surface area contributed by atoms with Crippen LogP contribution in [0, 0.1) is 5.92 Å². The fourth-order valence-electron chi connectivity index (χ4n) is 4.04. The van der Waals surface area contributed by atoms with Gasteiger partial charge < -0.3 is 10.2 Å². The lowest BCUT2D eigenvalue weighted by atomic mass is 9.93. The van der Waals surface area contributed by atoms with E-state index in [1.807, 2.05) is 0 Å². The molecule has 3 aliphatic rings. The highest BCUT2D eigenvalue weighted by Gasteiger charge is 2.35. The second kappa shape index (κ2) is 7.80. The first-order valence-electron chi connectivity index (χ1n) is 8.50. The third-order valence-electron chi connectivity index (χ3n) is 5.35. The molecule has 0 spiro atoms. The summed E-state index contributed by atoms with van der Waals surface area (Å²) >= 11 is 0. The van der Waals surface area contributed by atoms with E-state index in [9.17, 15) is 4.79 Å². The molecule has 0 bridgehead atoms. The largest absolute Gasteiger partial charge is 0.340 e. The van der Waals surface area contributed by atoms with Crippen molar-refractivity contribution in [2.45, 2.75) is 57.5 Å². The lowest BCUT2D eigenvalue weighted by molar-refractivity contribution is -0.133. The summed E-state index contributed by atoms with van der Waals surface area (Å²) < 4.78 is 0. The average molecular weight is 316 g/mol. The highest BCUT2D eigenvalue weighted by Crippen LogP contribution is 2.23. The first kappa shape index (κ1) is 17.0. The van der Waals surface area contributed by atoms with E-state index in [0.29, 0.717) is 17.9 Å². The van der Waals surface area contributed by atoms with Crippen molar-refractivity contribution in [2.24, 2.45) is 5.92 Å². The van der Waals surface area contributed by atoms with Gasteiger partial charge >= 0.3 is 0 Å². The van der Waals surface area contributed by atoms with Crippen LogP contribution in [0.1, 0.15) is 45.4 Å². The van der Waals surface area contributed by atoms with Gasteiger partial charge in [-0.2, -0.15) is 0 Å². The number of carbonyl (C=O) groups excluding carboxylic acids is 1. The van der Waals surface area contributed by atoms with Gasteiger partial charge in [-0.25, -0.2) is 0 Å². The fourth-order valence-corrected chi connectivity index (χ4v) is 4.04. The zero-order chi connectivity index (χ0) is 13.9. The number of piperidine rings is 2. The summed E-state index contributed by atoms with van der Waals surface area (Å²) in [6.07, 6.45) is 7.46. The lowest BCUT2D eigenvalue weighted by Crippen LogP contribution is -2.50. The van der Waals surface area contributed by atoms with E-state index in [1.54, 1.807) is 0 Å². The minimum absolute atomic E-state index is 0. The highest BCUT2D eigenvalue weighted by atomic mass is 35.5. The van der Waals surface area contributed by atoms with E-state index in [4.69, 9.17) is 0 Å². The minimum Gasteiger partial charge on any atom is -0.340 e. The summed E-state index contributed by atoms with van der Waals surface area (Å²) in [4.78, 5) is 17.4. The fraction of sp³-hybridized carbons (Fsp3) is 0.938. The number of hydrogen-bond acceptors (Lipinski definition) is 3. The zero-order valence-electron chi connectivity index (χ0n) is 13.2. The summed E-state index contributed by atoms with van der Waals surface area (Å²) in [6.45, 7) is 7.68. The molecular weight excluding hydrogens is 286 g/mol. The van der Waals surface area contributed by atoms with Gasteiger partial charge in [-0.1, -0.05) is 13.3 Å². The molecule has 0 aliphatic carbocycles. The quantitative estimate of drug-likeness (QED) is 0.845. The van der Waals surface area contributed by atoms with E-state index in [-0.39, 0.29) is 18.4 Å². The van der Waals surface area contributed by atoms with Gasteiger partial charge in [0.05, 0.1) is 6.04 Å².